The molecule has 4 bridgehead atoms. The summed E-state index contributed by atoms with van der Waals surface area (Å²) in [6.45, 7) is 13.5. The van der Waals surface area contributed by atoms with Gasteiger partial charge in [-0.3, -0.25) is 0 Å². The lowest BCUT2D eigenvalue weighted by Crippen LogP contribution is -2.49. The molecule has 0 radical (unpaired) electrons. The van der Waals surface area contributed by atoms with E-state index in [1.165, 1.54) is 22.3 Å². The molecule has 0 heterocycles. The average molecular weight is 377 g/mol. The Bertz CT molecular complexity index is 652. The van der Waals surface area contributed by atoms with Crippen LogP contribution in [0.2, 0.25) is 0 Å². The van der Waals surface area contributed by atoms with Crippen LogP contribution in [0.15, 0.2) is 48.5 Å². The summed E-state index contributed by atoms with van der Waals surface area (Å²) in [7, 11) is 0. The van der Waals surface area contributed by atoms with Gasteiger partial charge in [0.15, 0.2) is 0 Å². The molecule has 0 saturated heterocycles. The fraction of sp³-hybridized carbons (Fsp3) is 0.571. The molecule has 0 amide bonds. The van der Waals surface area contributed by atoms with Crippen molar-refractivity contribution in [2.45, 2.75) is 73.6 Å². The highest BCUT2D eigenvalue weighted by molar-refractivity contribution is 5.24. The van der Waals surface area contributed by atoms with E-state index in [1.54, 1.807) is 32.1 Å². The highest BCUT2D eigenvalue weighted by atomic mass is 14.6. The van der Waals surface area contributed by atoms with Gasteiger partial charge >= 0.3 is 0 Å². The van der Waals surface area contributed by atoms with Crippen molar-refractivity contribution in [3.63, 3.8) is 0 Å². The maximum atomic E-state index is 2.53. The van der Waals surface area contributed by atoms with E-state index in [4.69, 9.17) is 0 Å². The minimum absolute atomic E-state index is 0.702. The molecule has 2 aromatic rings. The summed E-state index contributed by atoms with van der Waals surface area (Å²) < 4.78 is 0. The zero-order valence-electron chi connectivity index (χ0n) is 19.0. The molecule has 0 unspecified atom stereocenters. The van der Waals surface area contributed by atoms with Gasteiger partial charge in [-0.25, -0.2) is 0 Å². The molecule has 0 spiro atoms. The molecule has 0 aromatic heterocycles. The summed E-state index contributed by atoms with van der Waals surface area (Å²) in [4.78, 5) is 0. The minimum atomic E-state index is 0.702. The number of hydrogen-bond acceptors (Lipinski definition) is 0. The summed E-state index contributed by atoms with van der Waals surface area (Å²) in [6.07, 6.45) is 7.86. The summed E-state index contributed by atoms with van der Waals surface area (Å²) in [6, 6.07) is 16.7. The lowest BCUT2D eigenvalue weighted by molar-refractivity contribution is -0.0876. The van der Waals surface area contributed by atoms with Crippen molar-refractivity contribution in [1.82, 2.24) is 0 Å². The maximum absolute atomic E-state index is 2.53. The molecule has 4 aliphatic rings. The van der Waals surface area contributed by atoms with Gasteiger partial charge in [0.2, 0.25) is 0 Å². The van der Waals surface area contributed by atoms with Gasteiger partial charge in [0.1, 0.15) is 0 Å². The molecule has 2 aromatic carbocycles. The van der Waals surface area contributed by atoms with Crippen LogP contribution in [0.4, 0.5) is 0 Å². The fourth-order valence-electron chi connectivity index (χ4n) is 5.72. The van der Waals surface area contributed by atoms with Gasteiger partial charge in [-0.15, -0.1) is 0 Å². The first-order valence-corrected chi connectivity index (χ1v) is 11.3. The lowest BCUT2D eigenvalue weighted by atomic mass is 9.46. The molecule has 0 heteroatoms. The predicted octanol–water partition coefficient (Wildman–Crippen LogP) is 8.08. The van der Waals surface area contributed by atoms with Crippen molar-refractivity contribution in [2.75, 3.05) is 0 Å². The highest BCUT2D eigenvalue weighted by Crippen LogP contribution is 2.61. The van der Waals surface area contributed by atoms with Crippen molar-refractivity contribution in [1.29, 1.82) is 0 Å². The van der Waals surface area contributed by atoms with E-state index >= 15 is 0 Å². The molecule has 4 aliphatic carbocycles. The second kappa shape index (κ2) is 8.85. The Hall–Kier alpha value is -1.56. The van der Waals surface area contributed by atoms with Crippen molar-refractivity contribution in [3.8, 4) is 0 Å². The summed E-state index contributed by atoms with van der Waals surface area (Å²) in [5.74, 6) is 4.46. The Morgan fingerprint density at radius 1 is 0.536 bits per heavy atom. The quantitative estimate of drug-likeness (QED) is 0.436. The maximum Gasteiger partial charge on any atom is -0.0297 e. The molecule has 0 nitrogen and oxygen atoms in total. The monoisotopic (exact) mass is 376 g/mol. The topological polar surface area (TPSA) is 0 Å². The van der Waals surface area contributed by atoms with Gasteiger partial charge in [0, 0.05) is 0 Å². The number of aryl methyl sites for hydroxylation is 4. The SMILES string of the molecule is CC1(C)C2CC3CC(C2)CC1C3.Cc1ccccc1C.Cc1ccccc1C. The number of rotatable bonds is 0. The van der Waals surface area contributed by atoms with E-state index in [-0.39, 0.29) is 0 Å². The van der Waals surface area contributed by atoms with Gasteiger partial charge in [0.25, 0.3) is 0 Å². The van der Waals surface area contributed by atoms with E-state index in [9.17, 15) is 0 Å². The lowest BCUT2D eigenvalue weighted by Gasteiger charge is -2.59. The standard InChI is InChI=1S/C12H20.2C8H10/c1-12(2)10-4-8-3-9(6-10)7-11(12)5-8;2*1-7-5-3-4-6-8(7)2/h8-11H,3-7H2,1-2H3;2*3-6H,1-2H3. The van der Waals surface area contributed by atoms with E-state index in [0.717, 1.165) is 23.7 Å². The zero-order chi connectivity index (χ0) is 20.3. The van der Waals surface area contributed by atoms with Crippen LogP contribution in [0.25, 0.3) is 0 Å². The Morgan fingerprint density at radius 2 is 0.821 bits per heavy atom. The first kappa shape index (κ1) is 21.2. The third kappa shape index (κ3) is 4.88. The van der Waals surface area contributed by atoms with Gasteiger partial charge in [-0.1, -0.05) is 62.4 Å². The molecule has 6 rings (SSSR count). The molecule has 4 fully saturated rings. The molecule has 0 aliphatic heterocycles. The number of hydrogen-bond donors (Lipinski definition) is 0. The van der Waals surface area contributed by atoms with E-state index in [0.29, 0.717) is 5.41 Å². The van der Waals surface area contributed by atoms with Crippen LogP contribution in [0, 0.1) is 56.8 Å². The van der Waals surface area contributed by atoms with E-state index in [1.807, 2.05) is 0 Å². The van der Waals surface area contributed by atoms with E-state index in [2.05, 4.69) is 90.1 Å². The fourth-order valence-corrected chi connectivity index (χ4v) is 5.72. The predicted molar refractivity (Wildman–Crippen MR) is 123 cm³/mol. The van der Waals surface area contributed by atoms with Crippen molar-refractivity contribution < 1.29 is 0 Å². The Kier molecular flexibility index (Phi) is 6.69. The summed E-state index contributed by atoms with van der Waals surface area (Å²) >= 11 is 0. The first-order chi connectivity index (χ1) is 13.3. The van der Waals surface area contributed by atoms with Crippen LogP contribution in [0.5, 0.6) is 0 Å². The normalized spacial score (nSPS) is 28.6. The first-order valence-electron chi connectivity index (χ1n) is 11.3. The Labute approximate surface area is 173 Å². The summed E-state index contributed by atoms with van der Waals surface area (Å²) in [5.41, 5.74) is 6.17. The van der Waals surface area contributed by atoms with Crippen LogP contribution in [0.3, 0.4) is 0 Å². The molecule has 28 heavy (non-hydrogen) atoms. The molecule has 0 N–H and O–H groups in total. The molecular weight excluding hydrogens is 336 g/mol. The third-order valence-electron chi connectivity index (χ3n) is 8.09. The van der Waals surface area contributed by atoms with Crippen molar-refractivity contribution in [2.24, 2.45) is 29.1 Å². The smallest absolute Gasteiger partial charge is 0.0297 e. The molecule has 0 atom stereocenters. The van der Waals surface area contributed by atoms with Crippen LogP contribution >= 0.6 is 0 Å². The largest absolute Gasteiger partial charge is 0.0620 e. The Balaban J connectivity index is 0.000000126. The van der Waals surface area contributed by atoms with Crippen LogP contribution in [0.1, 0.15) is 68.2 Å². The van der Waals surface area contributed by atoms with Crippen LogP contribution in [-0.4, -0.2) is 0 Å². The van der Waals surface area contributed by atoms with Crippen LogP contribution < -0.4 is 0 Å². The molecule has 152 valence electrons. The second-order valence-electron chi connectivity index (χ2n) is 10.3. The summed E-state index contributed by atoms with van der Waals surface area (Å²) in [5, 5.41) is 0. The minimum Gasteiger partial charge on any atom is -0.0620 e. The highest BCUT2D eigenvalue weighted by Gasteiger charge is 2.52. The third-order valence-corrected chi connectivity index (χ3v) is 8.09. The second-order valence-corrected chi connectivity index (χ2v) is 10.3. The van der Waals surface area contributed by atoms with Gasteiger partial charge in [-0.2, -0.15) is 0 Å². The zero-order valence-corrected chi connectivity index (χ0v) is 19.0. The van der Waals surface area contributed by atoms with Gasteiger partial charge < -0.3 is 0 Å². The van der Waals surface area contributed by atoms with Gasteiger partial charge in [0.05, 0.1) is 0 Å². The molecular formula is C28H40. The van der Waals surface area contributed by atoms with E-state index < -0.39 is 0 Å². The molecule has 4 saturated carbocycles. The van der Waals surface area contributed by atoms with Gasteiger partial charge in [-0.05, 0) is 111 Å². The van der Waals surface area contributed by atoms with Crippen molar-refractivity contribution >= 4 is 0 Å². The average Bonchev–Trinajstić information content (AvgIpc) is 2.65. The Morgan fingerprint density at radius 3 is 1.07 bits per heavy atom. The van der Waals surface area contributed by atoms with Crippen molar-refractivity contribution in [3.05, 3.63) is 70.8 Å². The number of benzene rings is 2. The van der Waals surface area contributed by atoms with Crippen LogP contribution in [-0.2, 0) is 0 Å².